The zero-order chi connectivity index (χ0) is 19.3. The van der Waals surface area contributed by atoms with Crippen LogP contribution in [0.5, 0.6) is 5.75 Å². The lowest BCUT2D eigenvalue weighted by Gasteiger charge is -2.36. The van der Waals surface area contributed by atoms with E-state index in [9.17, 15) is 4.79 Å². The van der Waals surface area contributed by atoms with Crippen molar-refractivity contribution in [3.05, 3.63) is 59.7 Å². The molecule has 1 saturated heterocycles. The van der Waals surface area contributed by atoms with Crippen molar-refractivity contribution in [2.45, 2.75) is 51.6 Å². The monoisotopic (exact) mass is 367 g/mol. The summed E-state index contributed by atoms with van der Waals surface area (Å²) in [4.78, 5) is 13.3. The molecular formula is C23H29NO3. The third-order valence-electron chi connectivity index (χ3n) is 5.41. The molecule has 3 rings (SSSR count). The summed E-state index contributed by atoms with van der Waals surface area (Å²) in [7, 11) is 0. The Morgan fingerprint density at radius 3 is 2.33 bits per heavy atom. The van der Waals surface area contributed by atoms with Gasteiger partial charge < -0.3 is 14.8 Å². The summed E-state index contributed by atoms with van der Waals surface area (Å²) in [5, 5.41) is 3.11. The van der Waals surface area contributed by atoms with Crippen molar-refractivity contribution in [3.63, 3.8) is 0 Å². The van der Waals surface area contributed by atoms with Crippen LogP contribution in [0.25, 0.3) is 0 Å². The molecule has 0 aliphatic carbocycles. The predicted molar refractivity (Wildman–Crippen MR) is 108 cm³/mol. The van der Waals surface area contributed by atoms with E-state index in [2.05, 4.69) is 43.4 Å². The second-order valence-electron chi connectivity index (χ2n) is 7.38. The molecule has 0 spiro atoms. The summed E-state index contributed by atoms with van der Waals surface area (Å²) < 4.78 is 11.3. The van der Waals surface area contributed by atoms with Gasteiger partial charge >= 0.3 is 0 Å². The van der Waals surface area contributed by atoms with Crippen molar-refractivity contribution < 1.29 is 14.3 Å². The maximum Gasteiger partial charge on any atom is 0.235 e. The summed E-state index contributed by atoms with van der Waals surface area (Å²) in [6.07, 6.45) is 2.52. The van der Waals surface area contributed by atoms with Gasteiger partial charge in [0.2, 0.25) is 5.91 Å². The van der Waals surface area contributed by atoms with E-state index >= 15 is 0 Å². The van der Waals surface area contributed by atoms with Crippen LogP contribution in [0.3, 0.4) is 0 Å². The highest BCUT2D eigenvalue weighted by atomic mass is 16.5. The van der Waals surface area contributed by atoms with Crippen LogP contribution in [0, 0.1) is 6.92 Å². The fraction of sp³-hybridized carbons (Fsp3) is 0.435. The Morgan fingerprint density at radius 2 is 1.74 bits per heavy atom. The van der Waals surface area contributed by atoms with E-state index in [1.54, 1.807) is 0 Å². The fourth-order valence-electron chi connectivity index (χ4n) is 3.42. The Labute approximate surface area is 161 Å². The number of carbonyl (C=O) groups excluding carboxylic acids is 1. The normalized spacial score (nSPS) is 17.1. The molecule has 2 aromatic carbocycles. The average Bonchev–Trinajstić information content (AvgIpc) is 2.70. The van der Waals surface area contributed by atoms with Crippen LogP contribution in [-0.2, 0) is 14.9 Å². The van der Waals surface area contributed by atoms with Crippen LogP contribution in [-0.4, -0.2) is 25.2 Å². The van der Waals surface area contributed by atoms with Gasteiger partial charge in [-0.3, -0.25) is 4.79 Å². The largest absolute Gasteiger partial charge is 0.491 e. The molecule has 1 atom stereocenters. The van der Waals surface area contributed by atoms with Crippen LogP contribution in [0.1, 0.15) is 44.2 Å². The lowest BCUT2D eigenvalue weighted by Crippen LogP contribution is -2.44. The number of ether oxygens (including phenoxy) is 2. The van der Waals surface area contributed by atoms with Gasteiger partial charge in [-0.2, -0.15) is 0 Å². The quantitative estimate of drug-likeness (QED) is 0.793. The highest BCUT2D eigenvalue weighted by Crippen LogP contribution is 2.36. The smallest absolute Gasteiger partial charge is 0.235 e. The van der Waals surface area contributed by atoms with Gasteiger partial charge in [-0.05, 0) is 62.9 Å². The van der Waals surface area contributed by atoms with E-state index in [0.717, 1.165) is 23.4 Å². The van der Waals surface area contributed by atoms with Crippen molar-refractivity contribution in [1.82, 2.24) is 0 Å². The molecule has 4 heteroatoms. The molecule has 4 nitrogen and oxygen atoms in total. The summed E-state index contributed by atoms with van der Waals surface area (Å²) in [6.45, 7) is 7.40. The molecule has 2 aromatic rings. The Hall–Kier alpha value is -2.33. The molecule has 1 aliphatic rings. The first-order valence-corrected chi connectivity index (χ1v) is 9.76. The minimum absolute atomic E-state index is 0.0326. The van der Waals surface area contributed by atoms with Crippen molar-refractivity contribution in [1.29, 1.82) is 0 Å². The SMILES string of the molecule is CC[C@@H](C)Oc1ccc(NC(=O)C2(c3ccc(C)cc3)CCOCC2)cc1. The highest BCUT2D eigenvalue weighted by molar-refractivity contribution is 5.99. The zero-order valence-electron chi connectivity index (χ0n) is 16.5. The molecule has 1 heterocycles. The van der Waals surface area contributed by atoms with E-state index < -0.39 is 5.41 Å². The third kappa shape index (κ3) is 4.51. The number of benzene rings is 2. The van der Waals surface area contributed by atoms with Gasteiger partial charge in [0.05, 0.1) is 11.5 Å². The standard InChI is InChI=1S/C23H29NO3/c1-4-18(3)27-21-11-9-20(10-12-21)24-22(25)23(13-15-26-16-14-23)19-7-5-17(2)6-8-19/h5-12,18H,4,13-16H2,1-3H3,(H,24,25)/t18-/m1/s1. The minimum atomic E-state index is -0.544. The number of hydrogen-bond acceptors (Lipinski definition) is 3. The number of carbonyl (C=O) groups is 1. The molecular weight excluding hydrogens is 338 g/mol. The summed E-state index contributed by atoms with van der Waals surface area (Å²) in [5.74, 6) is 0.854. The maximum absolute atomic E-state index is 13.3. The second kappa shape index (κ2) is 8.57. The number of nitrogens with one attached hydrogen (secondary N) is 1. The van der Waals surface area contributed by atoms with E-state index in [0.29, 0.717) is 26.1 Å². The molecule has 0 radical (unpaired) electrons. The number of anilines is 1. The number of amides is 1. The van der Waals surface area contributed by atoms with Crippen molar-refractivity contribution >= 4 is 11.6 Å². The predicted octanol–water partition coefficient (Wildman–Crippen LogP) is 4.86. The van der Waals surface area contributed by atoms with E-state index in [4.69, 9.17) is 9.47 Å². The molecule has 0 bridgehead atoms. The van der Waals surface area contributed by atoms with Gasteiger partial charge in [0.15, 0.2) is 0 Å². The topological polar surface area (TPSA) is 47.6 Å². The van der Waals surface area contributed by atoms with Gasteiger partial charge in [0.25, 0.3) is 0 Å². The first kappa shape index (κ1) is 19.4. The average molecular weight is 367 g/mol. The van der Waals surface area contributed by atoms with Gasteiger partial charge in [-0.25, -0.2) is 0 Å². The second-order valence-corrected chi connectivity index (χ2v) is 7.38. The van der Waals surface area contributed by atoms with Gasteiger partial charge in [0.1, 0.15) is 5.75 Å². The van der Waals surface area contributed by atoms with Crippen molar-refractivity contribution in [2.75, 3.05) is 18.5 Å². The third-order valence-corrected chi connectivity index (χ3v) is 5.41. The van der Waals surface area contributed by atoms with Crippen molar-refractivity contribution in [2.24, 2.45) is 0 Å². The summed E-state index contributed by atoms with van der Waals surface area (Å²) >= 11 is 0. The van der Waals surface area contributed by atoms with Crippen LogP contribution in [0.4, 0.5) is 5.69 Å². The first-order valence-electron chi connectivity index (χ1n) is 9.76. The maximum atomic E-state index is 13.3. The molecule has 1 aliphatic heterocycles. The van der Waals surface area contributed by atoms with Crippen LogP contribution >= 0.6 is 0 Å². The van der Waals surface area contributed by atoms with Crippen molar-refractivity contribution in [3.8, 4) is 5.75 Å². The molecule has 1 amide bonds. The lowest BCUT2D eigenvalue weighted by molar-refractivity contribution is -0.125. The highest BCUT2D eigenvalue weighted by Gasteiger charge is 2.41. The zero-order valence-corrected chi connectivity index (χ0v) is 16.5. The Morgan fingerprint density at radius 1 is 1.11 bits per heavy atom. The van der Waals surface area contributed by atoms with Gasteiger partial charge in [-0.15, -0.1) is 0 Å². The van der Waals surface area contributed by atoms with Gasteiger partial charge in [-0.1, -0.05) is 36.8 Å². The van der Waals surface area contributed by atoms with Gasteiger partial charge in [0, 0.05) is 18.9 Å². The van der Waals surface area contributed by atoms with E-state index in [-0.39, 0.29) is 12.0 Å². The van der Waals surface area contributed by atoms with Crippen LogP contribution in [0.2, 0.25) is 0 Å². The number of hydrogen-bond donors (Lipinski definition) is 1. The molecule has 0 unspecified atom stereocenters. The summed E-state index contributed by atoms with van der Waals surface area (Å²) in [6, 6.07) is 15.9. The summed E-state index contributed by atoms with van der Waals surface area (Å²) in [5.41, 5.74) is 2.50. The number of aryl methyl sites for hydroxylation is 1. The van der Waals surface area contributed by atoms with Crippen LogP contribution < -0.4 is 10.1 Å². The Balaban J connectivity index is 1.78. The molecule has 1 fully saturated rings. The minimum Gasteiger partial charge on any atom is -0.491 e. The Bertz CT molecular complexity index is 746. The first-order chi connectivity index (χ1) is 13.0. The molecule has 144 valence electrons. The molecule has 0 saturated carbocycles. The Kier molecular flexibility index (Phi) is 6.17. The van der Waals surface area contributed by atoms with E-state index in [1.165, 1.54) is 5.56 Å². The van der Waals surface area contributed by atoms with E-state index in [1.807, 2.05) is 31.2 Å². The molecule has 0 aromatic heterocycles. The number of rotatable bonds is 6. The molecule has 27 heavy (non-hydrogen) atoms. The molecule has 1 N–H and O–H groups in total. The lowest BCUT2D eigenvalue weighted by atomic mass is 9.73. The fourth-order valence-corrected chi connectivity index (χ4v) is 3.42. The van der Waals surface area contributed by atoms with Crippen LogP contribution in [0.15, 0.2) is 48.5 Å².